The van der Waals surface area contributed by atoms with Crippen molar-refractivity contribution >= 4 is 11.8 Å². The molecule has 0 amide bonds. The molecule has 0 N–H and O–H groups in total. The van der Waals surface area contributed by atoms with Crippen LogP contribution in [0.4, 0.5) is 0 Å². The first-order chi connectivity index (χ1) is 5.24. The maximum atomic E-state index is 8.32. The molecule has 0 fully saturated rings. The molecule has 1 aromatic heterocycles. The Kier molecular flexibility index (Phi) is 2.55. The van der Waals surface area contributed by atoms with Gasteiger partial charge in [0.2, 0.25) is 0 Å². The number of nitrogens with zero attached hydrogens (tertiary/aromatic N) is 3. The molecule has 0 aromatic carbocycles. The SMILES string of the molecule is Cc1cn(C)c(SCC#N)n1. The van der Waals surface area contributed by atoms with Gasteiger partial charge in [-0.2, -0.15) is 5.26 Å². The second-order valence-electron chi connectivity index (χ2n) is 2.22. The molecule has 0 atom stereocenters. The fraction of sp³-hybridized carbons (Fsp3) is 0.429. The summed E-state index contributed by atoms with van der Waals surface area (Å²) in [5.74, 6) is 0.463. The molecule has 11 heavy (non-hydrogen) atoms. The minimum Gasteiger partial charge on any atom is -0.329 e. The van der Waals surface area contributed by atoms with Gasteiger partial charge in [-0.1, -0.05) is 11.8 Å². The minimum atomic E-state index is 0.463. The van der Waals surface area contributed by atoms with Gasteiger partial charge in [0.05, 0.1) is 17.5 Å². The van der Waals surface area contributed by atoms with E-state index in [9.17, 15) is 0 Å². The van der Waals surface area contributed by atoms with E-state index in [0.717, 1.165) is 10.9 Å². The van der Waals surface area contributed by atoms with Crippen molar-refractivity contribution in [2.45, 2.75) is 12.1 Å². The summed E-state index contributed by atoms with van der Waals surface area (Å²) in [6, 6.07) is 2.06. The first-order valence-corrected chi connectivity index (χ1v) is 4.22. The molecule has 1 rings (SSSR count). The quantitative estimate of drug-likeness (QED) is 0.624. The number of rotatable bonds is 2. The second-order valence-corrected chi connectivity index (χ2v) is 3.17. The third-order valence-electron chi connectivity index (χ3n) is 1.22. The van der Waals surface area contributed by atoms with E-state index in [1.807, 2.05) is 24.7 Å². The summed E-state index contributed by atoms with van der Waals surface area (Å²) in [7, 11) is 1.93. The molecule has 0 saturated heterocycles. The molecule has 0 saturated carbocycles. The summed E-state index contributed by atoms with van der Waals surface area (Å²) < 4.78 is 1.93. The van der Waals surface area contributed by atoms with Crippen LogP contribution in [0.2, 0.25) is 0 Å². The van der Waals surface area contributed by atoms with Crippen LogP contribution in [0.1, 0.15) is 5.69 Å². The third-order valence-corrected chi connectivity index (χ3v) is 2.13. The topological polar surface area (TPSA) is 41.6 Å². The Bertz CT molecular complexity index is 284. The van der Waals surface area contributed by atoms with Gasteiger partial charge in [0.25, 0.3) is 0 Å². The number of hydrogen-bond acceptors (Lipinski definition) is 3. The van der Waals surface area contributed by atoms with E-state index in [-0.39, 0.29) is 0 Å². The van der Waals surface area contributed by atoms with Gasteiger partial charge >= 0.3 is 0 Å². The molecule has 1 heterocycles. The van der Waals surface area contributed by atoms with Crippen molar-refractivity contribution in [3.63, 3.8) is 0 Å². The average Bonchev–Trinajstić information content (AvgIpc) is 2.26. The van der Waals surface area contributed by atoms with Crippen molar-refractivity contribution in [1.82, 2.24) is 9.55 Å². The lowest BCUT2D eigenvalue weighted by Gasteiger charge is -1.94. The molecule has 58 valence electrons. The molecule has 0 unspecified atom stereocenters. The zero-order valence-electron chi connectivity index (χ0n) is 6.53. The van der Waals surface area contributed by atoms with Gasteiger partial charge in [-0.05, 0) is 6.92 Å². The van der Waals surface area contributed by atoms with Gasteiger partial charge in [0.15, 0.2) is 5.16 Å². The van der Waals surface area contributed by atoms with E-state index in [2.05, 4.69) is 11.1 Å². The molecule has 0 spiro atoms. The molecule has 3 nitrogen and oxygen atoms in total. The van der Waals surface area contributed by atoms with Crippen LogP contribution < -0.4 is 0 Å². The predicted molar refractivity (Wildman–Crippen MR) is 44.3 cm³/mol. The Hall–Kier alpha value is -0.950. The Balaban J connectivity index is 2.71. The lowest BCUT2D eigenvalue weighted by Crippen LogP contribution is -1.88. The normalized spacial score (nSPS) is 9.55. The highest BCUT2D eigenvalue weighted by molar-refractivity contribution is 7.99. The van der Waals surface area contributed by atoms with Crippen molar-refractivity contribution in [2.24, 2.45) is 7.05 Å². The highest BCUT2D eigenvalue weighted by Gasteiger charge is 2.00. The first-order valence-electron chi connectivity index (χ1n) is 3.23. The van der Waals surface area contributed by atoms with Gasteiger partial charge in [-0.3, -0.25) is 0 Å². The van der Waals surface area contributed by atoms with E-state index < -0.39 is 0 Å². The van der Waals surface area contributed by atoms with Crippen molar-refractivity contribution < 1.29 is 0 Å². The standard InChI is InChI=1S/C7H9N3S/c1-6-5-10(2)7(9-6)11-4-3-8/h5H,4H2,1-2H3. The van der Waals surface area contributed by atoms with Crippen molar-refractivity contribution in [2.75, 3.05) is 5.75 Å². The highest BCUT2D eigenvalue weighted by Crippen LogP contribution is 2.14. The molecular weight excluding hydrogens is 158 g/mol. The fourth-order valence-corrected chi connectivity index (χ4v) is 1.48. The predicted octanol–water partition coefficient (Wildman–Crippen LogP) is 1.34. The van der Waals surface area contributed by atoms with Crippen LogP contribution in [0.15, 0.2) is 11.4 Å². The number of nitriles is 1. The summed E-state index contributed by atoms with van der Waals surface area (Å²) in [5, 5.41) is 9.22. The summed E-state index contributed by atoms with van der Waals surface area (Å²) >= 11 is 1.46. The molecular formula is C7H9N3S. The Morgan fingerprint density at radius 2 is 2.55 bits per heavy atom. The average molecular weight is 167 g/mol. The van der Waals surface area contributed by atoms with Crippen LogP contribution in [-0.2, 0) is 7.05 Å². The van der Waals surface area contributed by atoms with Crippen LogP contribution in [0.5, 0.6) is 0 Å². The maximum absolute atomic E-state index is 8.32. The number of imidazole rings is 1. The molecule has 0 radical (unpaired) electrons. The van der Waals surface area contributed by atoms with Gasteiger partial charge in [-0.25, -0.2) is 4.98 Å². The number of hydrogen-bond donors (Lipinski definition) is 0. The van der Waals surface area contributed by atoms with Gasteiger partial charge < -0.3 is 4.57 Å². The molecule has 0 aliphatic rings. The highest BCUT2D eigenvalue weighted by atomic mass is 32.2. The molecule has 0 aliphatic heterocycles. The lowest BCUT2D eigenvalue weighted by atomic mass is 10.6. The summed E-state index contributed by atoms with van der Waals surface area (Å²) in [4.78, 5) is 4.22. The minimum absolute atomic E-state index is 0.463. The molecule has 1 aromatic rings. The van der Waals surface area contributed by atoms with E-state index in [1.54, 1.807) is 0 Å². The van der Waals surface area contributed by atoms with Crippen molar-refractivity contribution in [1.29, 1.82) is 5.26 Å². The van der Waals surface area contributed by atoms with Crippen LogP contribution >= 0.6 is 11.8 Å². The fourth-order valence-electron chi connectivity index (χ4n) is 0.825. The summed E-state index contributed by atoms with van der Waals surface area (Å²) in [5.41, 5.74) is 0.993. The Morgan fingerprint density at radius 1 is 1.82 bits per heavy atom. The summed E-state index contributed by atoms with van der Waals surface area (Å²) in [6.07, 6.45) is 1.94. The zero-order valence-corrected chi connectivity index (χ0v) is 7.35. The number of aryl methyl sites for hydroxylation is 2. The van der Waals surface area contributed by atoms with Gasteiger partial charge in [0.1, 0.15) is 0 Å². The monoisotopic (exact) mass is 167 g/mol. The molecule has 0 bridgehead atoms. The smallest absolute Gasteiger partial charge is 0.168 e. The summed E-state index contributed by atoms with van der Waals surface area (Å²) in [6.45, 7) is 1.94. The molecule has 4 heteroatoms. The van der Waals surface area contributed by atoms with E-state index in [4.69, 9.17) is 5.26 Å². The van der Waals surface area contributed by atoms with Gasteiger partial charge in [0, 0.05) is 13.2 Å². The van der Waals surface area contributed by atoms with Gasteiger partial charge in [-0.15, -0.1) is 0 Å². The Morgan fingerprint density at radius 3 is 3.00 bits per heavy atom. The van der Waals surface area contributed by atoms with Crippen LogP contribution in [-0.4, -0.2) is 15.3 Å². The van der Waals surface area contributed by atoms with Crippen LogP contribution in [0.3, 0.4) is 0 Å². The van der Waals surface area contributed by atoms with E-state index >= 15 is 0 Å². The van der Waals surface area contributed by atoms with E-state index in [1.165, 1.54) is 11.8 Å². The second kappa shape index (κ2) is 3.44. The zero-order chi connectivity index (χ0) is 8.27. The molecule has 0 aliphatic carbocycles. The van der Waals surface area contributed by atoms with Crippen LogP contribution in [0, 0.1) is 18.3 Å². The largest absolute Gasteiger partial charge is 0.329 e. The van der Waals surface area contributed by atoms with E-state index in [0.29, 0.717) is 5.75 Å². The third kappa shape index (κ3) is 1.99. The number of thioether (sulfide) groups is 1. The Labute approximate surface area is 70.0 Å². The van der Waals surface area contributed by atoms with Crippen molar-refractivity contribution in [3.05, 3.63) is 11.9 Å². The van der Waals surface area contributed by atoms with Crippen LogP contribution in [0.25, 0.3) is 0 Å². The number of aromatic nitrogens is 2. The maximum Gasteiger partial charge on any atom is 0.168 e. The van der Waals surface area contributed by atoms with Crippen molar-refractivity contribution in [3.8, 4) is 6.07 Å². The lowest BCUT2D eigenvalue weighted by molar-refractivity contribution is 0.791. The first kappa shape index (κ1) is 8.15.